The highest BCUT2D eigenvalue weighted by Gasteiger charge is 2.25. The van der Waals surface area contributed by atoms with Crippen LogP contribution in [0.1, 0.15) is 26.3 Å². The number of sulfonamides is 1. The fourth-order valence-corrected chi connectivity index (χ4v) is 4.26. The van der Waals surface area contributed by atoms with Gasteiger partial charge in [-0.1, -0.05) is 36.4 Å². The number of ether oxygens (including phenoxy) is 2. The number of rotatable bonds is 6. The minimum absolute atomic E-state index is 0.109. The Bertz CT molecular complexity index is 1250. The van der Waals surface area contributed by atoms with Gasteiger partial charge in [0.15, 0.2) is 0 Å². The first-order valence-corrected chi connectivity index (χ1v) is 11.8. The molecule has 3 aromatic carbocycles. The monoisotopic (exact) mass is 468 g/mol. The Hall–Kier alpha value is -3.52. The van der Waals surface area contributed by atoms with Crippen LogP contribution in [0.5, 0.6) is 17.2 Å². The van der Waals surface area contributed by atoms with Crippen LogP contribution in [0.3, 0.4) is 0 Å². The highest BCUT2D eigenvalue weighted by molar-refractivity contribution is 7.90. The lowest BCUT2D eigenvalue weighted by Gasteiger charge is -2.21. The van der Waals surface area contributed by atoms with Crippen molar-refractivity contribution in [2.75, 3.05) is 7.11 Å². The zero-order valence-corrected chi connectivity index (χ0v) is 20.1. The summed E-state index contributed by atoms with van der Waals surface area (Å²) in [5.74, 6) is 1.31. The SMILES string of the molecule is COc1ccc(-c2ccccc2Oc2ccc(C)cc2S(=O)(=O)NC(=O)NC(C)(C)C)cc1. The Balaban J connectivity index is 1.97. The van der Waals surface area contributed by atoms with E-state index in [1.807, 2.05) is 36.4 Å². The number of methoxy groups -OCH3 is 1. The minimum Gasteiger partial charge on any atom is -0.497 e. The summed E-state index contributed by atoms with van der Waals surface area (Å²) in [5, 5.41) is 2.59. The van der Waals surface area contributed by atoms with Crippen LogP contribution in [0, 0.1) is 6.92 Å². The van der Waals surface area contributed by atoms with Crippen molar-refractivity contribution in [2.24, 2.45) is 0 Å². The third kappa shape index (κ3) is 6.26. The van der Waals surface area contributed by atoms with E-state index in [4.69, 9.17) is 9.47 Å². The predicted octanol–water partition coefficient (Wildman–Crippen LogP) is 5.25. The van der Waals surface area contributed by atoms with Gasteiger partial charge in [-0.05, 0) is 69.2 Å². The van der Waals surface area contributed by atoms with Crippen LogP contribution in [0.2, 0.25) is 0 Å². The van der Waals surface area contributed by atoms with E-state index in [9.17, 15) is 13.2 Å². The molecule has 0 unspecified atom stereocenters. The zero-order valence-electron chi connectivity index (χ0n) is 19.3. The number of benzene rings is 3. The second-order valence-corrected chi connectivity index (χ2v) is 10.2. The van der Waals surface area contributed by atoms with Crippen molar-refractivity contribution in [1.82, 2.24) is 10.0 Å². The maximum Gasteiger partial charge on any atom is 0.329 e. The number of nitrogens with one attached hydrogen (secondary N) is 2. The van der Waals surface area contributed by atoms with Crippen LogP contribution in [-0.2, 0) is 10.0 Å². The van der Waals surface area contributed by atoms with E-state index in [1.54, 1.807) is 59.1 Å². The van der Waals surface area contributed by atoms with Crippen molar-refractivity contribution in [3.8, 4) is 28.4 Å². The highest BCUT2D eigenvalue weighted by Crippen LogP contribution is 2.36. The molecule has 0 aliphatic carbocycles. The maximum atomic E-state index is 13.1. The Labute approximate surface area is 194 Å². The standard InChI is InChI=1S/C25H28N2O5S/c1-17-10-15-22(23(16-17)33(29,30)27-24(28)26-25(2,3)4)32-21-9-7-6-8-20(21)18-11-13-19(31-5)14-12-18/h6-16H,1-5H3,(H2,26,27,28). The van der Waals surface area contributed by atoms with Crippen molar-refractivity contribution in [3.05, 3.63) is 72.3 Å². The number of hydrogen-bond donors (Lipinski definition) is 2. The van der Waals surface area contributed by atoms with Crippen LogP contribution < -0.4 is 19.5 Å². The second kappa shape index (κ2) is 9.54. The van der Waals surface area contributed by atoms with Crippen molar-refractivity contribution in [1.29, 1.82) is 0 Å². The fraction of sp³-hybridized carbons (Fsp3) is 0.240. The van der Waals surface area contributed by atoms with Crippen LogP contribution in [-0.4, -0.2) is 27.1 Å². The Morgan fingerprint density at radius 1 is 0.909 bits per heavy atom. The van der Waals surface area contributed by atoms with Crippen molar-refractivity contribution in [2.45, 2.75) is 38.1 Å². The molecule has 0 bridgehead atoms. The van der Waals surface area contributed by atoms with Gasteiger partial charge in [-0.25, -0.2) is 17.9 Å². The molecule has 0 radical (unpaired) electrons. The van der Waals surface area contributed by atoms with Gasteiger partial charge in [0.1, 0.15) is 22.1 Å². The molecule has 0 atom stereocenters. The van der Waals surface area contributed by atoms with E-state index in [0.717, 1.165) is 16.9 Å². The van der Waals surface area contributed by atoms with Crippen LogP contribution in [0.15, 0.2) is 71.6 Å². The van der Waals surface area contributed by atoms with E-state index < -0.39 is 21.6 Å². The van der Waals surface area contributed by atoms with Crippen molar-refractivity contribution >= 4 is 16.1 Å². The van der Waals surface area contributed by atoms with Crippen LogP contribution in [0.25, 0.3) is 11.1 Å². The lowest BCUT2D eigenvalue weighted by molar-refractivity contribution is 0.237. The molecule has 2 N–H and O–H groups in total. The number of carbonyl (C=O) groups excluding carboxylic acids is 1. The third-order valence-electron chi connectivity index (χ3n) is 4.61. The average molecular weight is 469 g/mol. The molecule has 33 heavy (non-hydrogen) atoms. The summed E-state index contributed by atoms with van der Waals surface area (Å²) < 4.78 is 39.5. The first kappa shape index (κ1) is 24.1. The summed E-state index contributed by atoms with van der Waals surface area (Å²) in [5.41, 5.74) is 1.78. The summed E-state index contributed by atoms with van der Waals surface area (Å²) in [7, 11) is -2.60. The molecule has 0 aliphatic heterocycles. The number of amides is 2. The van der Waals surface area contributed by atoms with E-state index >= 15 is 0 Å². The summed E-state index contributed by atoms with van der Waals surface area (Å²) in [4.78, 5) is 12.1. The zero-order chi connectivity index (χ0) is 24.2. The van der Waals surface area contributed by atoms with Gasteiger partial charge in [0.25, 0.3) is 10.0 Å². The smallest absolute Gasteiger partial charge is 0.329 e. The van der Waals surface area contributed by atoms with E-state index in [2.05, 4.69) is 10.0 Å². The number of para-hydroxylation sites is 1. The van der Waals surface area contributed by atoms with E-state index in [1.165, 1.54) is 6.07 Å². The molecule has 0 saturated carbocycles. The van der Waals surface area contributed by atoms with Crippen LogP contribution in [0.4, 0.5) is 4.79 Å². The third-order valence-corrected chi connectivity index (χ3v) is 5.96. The Morgan fingerprint density at radius 3 is 2.21 bits per heavy atom. The summed E-state index contributed by atoms with van der Waals surface area (Å²) in [6.45, 7) is 7.05. The molecule has 0 spiro atoms. The molecule has 0 saturated heterocycles. The van der Waals surface area contributed by atoms with Crippen molar-refractivity contribution < 1.29 is 22.7 Å². The molecule has 0 fully saturated rings. The summed E-state index contributed by atoms with van der Waals surface area (Å²) >= 11 is 0. The van der Waals surface area contributed by atoms with Gasteiger partial charge in [0, 0.05) is 11.1 Å². The van der Waals surface area contributed by atoms with E-state index in [0.29, 0.717) is 11.3 Å². The Kier molecular flexibility index (Phi) is 6.98. The number of hydrogen-bond acceptors (Lipinski definition) is 5. The van der Waals surface area contributed by atoms with Gasteiger partial charge in [-0.15, -0.1) is 0 Å². The minimum atomic E-state index is -4.20. The topological polar surface area (TPSA) is 93.7 Å². The van der Waals surface area contributed by atoms with Gasteiger partial charge >= 0.3 is 6.03 Å². The van der Waals surface area contributed by atoms with Gasteiger partial charge < -0.3 is 14.8 Å². The molecule has 0 aliphatic rings. The molecule has 3 rings (SSSR count). The molecule has 8 heteroatoms. The Morgan fingerprint density at radius 2 is 1.58 bits per heavy atom. The fourth-order valence-electron chi connectivity index (χ4n) is 3.14. The molecule has 2 amide bonds. The van der Waals surface area contributed by atoms with E-state index in [-0.39, 0.29) is 10.6 Å². The first-order chi connectivity index (χ1) is 15.5. The molecule has 174 valence electrons. The molecule has 0 aromatic heterocycles. The van der Waals surface area contributed by atoms with Crippen LogP contribution >= 0.6 is 0 Å². The van der Waals surface area contributed by atoms with Gasteiger partial charge in [0.05, 0.1) is 7.11 Å². The highest BCUT2D eigenvalue weighted by atomic mass is 32.2. The molecular formula is C25H28N2O5S. The quantitative estimate of drug-likeness (QED) is 0.515. The number of aryl methyl sites for hydroxylation is 1. The first-order valence-electron chi connectivity index (χ1n) is 10.4. The summed E-state index contributed by atoms with van der Waals surface area (Å²) in [6, 6.07) is 18.8. The number of carbonyl (C=O) groups is 1. The largest absolute Gasteiger partial charge is 0.497 e. The van der Waals surface area contributed by atoms with Gasteiger partial charge in [-0.2, -0.15) is 0 Å². The normalized spacial score (nSPS) is 11.5. The molecule has 3 aromatic rings. The van der Waals surface area contributed by atoms with Gasteiger partial charge in [-0.3, -0.25) is 0 Å². The predicted molar refractivity (Wildman–Crippen MR) is 128 cm³/mol. The molecular weight excluding hydrogens is 440 g/mol. The average Bonchev–Trinajstić information content (AvgIpc) is 2.73. The lowest BCUT2D eigenvalue weighted by Crippen LogP contribution is -2.48. The van der Waals surface area contributed by atoms with Gasteiger partial charge in [0.2, 0.25) is 0 Å². The molecule has 0 heterocycles. The lowest BCUT2D eigenvalue weighted by atomic mass is 10.0. The summed E-state index contributed by atoms with van der Waals surface area (Å²) in [6.07, 6.45) is 0. The maximum absolute atomic E-state index is 13.1. The molecule has 7 nitrogen and oxygen atoms in total. The number of urea groups is 1. The van der Waals surface area contributed by atoms with Crippen molar-refractivity contribution in [3.63, 3.8) is 0 Å². The second-order valence-electron chi connectivity index (χ2n) is 8.59.